The van der Waals surface area contributed by atoms with E-state index in [1.807, 2.05) is 65.6 Å². The van der Waals surface area contributed by atoms with Gasteiger partial charge < -0.3 is 24.3 Å². The van der Waals surface area contributed by atoms with Crippen LogP contribution < -0.4 is 15.0 Å². The highest BCUT2D eigenvalue weighted by Crippen LogP contribution is 2.23. The third kappa shape index (κ3) is 5.49. The lowest BCUT2D eigenvalue weighted by Crippen LogP contribution is -2.48. The molecule has 4 aromatic rings. The van der Waals surface area contributed by atoms with E-state index in [1.165, 1.54) is 0 Å². The van der Waals surface area contributed by atoms with Crippen LogP contribution in [0.2, 0.25) is 0 Å². The number of carbonyl (C=O) groups is 2. The molecule has 0 aliphatic carbocycles. The molecule has 0 spiro atoms. The van der Waals surface area contributed by atoms with Crippen LogP contribution >= 0.6 is 15.9 Å². The Kier molecular flexibility index (Phi) is 6.72. The van der Waals surface area contributed by atoms with Crippen LogP contribution in [0.4, 0.5) is 11.4 Å². The lowest BCUT2D eigenvalue weighted by molar-refractivity contribution is -0.118. The van der Waals surface area contributed by atoms with E-state index in [4.69, 9.17) is 9.15 Å². The average Bonchev–Trinajstić information content (AvgIpc) is 3.33. The summed E-state index contributed by atoms with van der Waals surface area (Å²) >= 11 is 3.37. The van der Waals surface area contributed by atoms with Crippen LogP contribution in [0.1, 0.15) is 10.6 Å². The molecule has 7 nitrogen and oxygen atoms in total. The summed E-state index contributed by atoms with van der Waals surface area (Å²) in [6.45, 7) is 2.60. The molecule has 178 valence electrons. The average molecular weight is 534 g/mol. The van der Waals surface area contributed by atoms with Crippen LogP contribution in [0.15, 0.2) is 87.8 Å². The second-order valence-electron chi connectivity index (χ2n) is 8.27. The second kappa shape index (κ2) is 10.2. The summed E-state index contributed by atoms with van der Waals surface area (Å²) in [5.41, 5.74) is 2.48. The van der Waals surface area contributed by atoms with Gasteiger partial charge in [-0.1, -0.05) is 34.1 Å². The minimum atomic E-state index is -0.224. The fourth-order valence-corrected chi connectivity index (χ4v) is 4.31. The first kappa shape index (κ1) is 23.0. The Labute approximate surface area is 211 Å². The first-order valence-electron chi connectivity index (χ1n) is 11.4. The highest BCUT2D eigenvalue weighted by atomic mass is 79.9. The third-order valence-corrected chi connectivity index (χ3v) is 6.43. The van der Waals surface area contributed by atoms with Crippen LogP contribution in [0.3, 0.4) is 0 Å². The molecule has 1 fully saturated rings. The number of rotatable bonds is 6. The Bertz CT molecular complexity index is 1290. The van der Waals surface area contributed by atoms with E-state index < -0.39 is 0 Å². The lowest BCUT2D eigenvalue weighted by Gasteiger charge is -2.35. The molecule has 0 saturated carbocycles. The predicted molar refractivity (Wildman–Crippen MR) is 139 cm³/mol. The van der Waals surface area contributed by atoms with Gasteiger partial charge in [0.2, 0.25) is 0 Å². The Hall–Kier alpha value is -3.78. The Balaban J connectivity index is 1.11. The summed E-state index contributed by atoms with van der Waals surface area (Å²) in [5, 5.41) is 3.78. The number of hydrogen-bond donors (Lipinski definition) is 1. The lowest BCUT2D eigenvalue weighted by atomic mass is 10.2. The zero-order valence-corrected chi connectivity index (χ0v) is 20.5. The van der Waals surface area contributed by atoms with Crippen LogP contribution in [-0.4, -0.2) is 49.5 Å². The third-order valence-electron chi connectivity index (χ3n) is 5.90. The fourth-order valence-electron chi connectivity index (χ4n) is 4.04. The number of piperazine rings is 1. The SMILES string of the molecule is O=C(COc1ccc(Br)cc1)Nc1ccc(N2CCN(C(=O)c3cc4ccccc4o3)CC2)cc1. The summed E-state index contributed by atoms with van der Waals surface area (Å²) < 4.78 is 12.2. The maximum atomic E-state index is 12.9. The fraction of sp³-hybridized carbons (Fsp3) is 0.185. The number of carbonyl (C=O) groups excluding carboxylic acids is 2. The number of benzene rings is 3. The quantitative estimate of drug-likeness (QED) is 0.369. The molecule has 3 aromatic carbocycles. The summed E-state index contributed by atoms with van der Waals surface area (Å²) in [5.74, 6) is 0.711. The van der Waals surface area contributed by atoms with Crippen molar-refractivity contribution >= 4 is 50.1 Å². The molecular formula is C27H24BrN3O4. The minimum Gasteiger partial charge on any atom is -0.484 e. The first-order valence-corrected chi connectivity index (χ1v) is 12.2. The molecular weight excluding hydrogens is 510 g/mol. The maximum Gasteiger partial charge on any atom is 0.289 e. The molecule has 1 N–H and O–H groups in total. The number of para-hydroxylation sites is 1. The van der Waals surface area contributed by atoms with Gasteiger partial charge in [0, 0.05) is 47.4 Å². The van der Waals surface area contributed by atoms with Crippen molar-refractivity contribution in [3.05, 3.63) is 89.1 Å². The monoisotopic (exact) mass is 533 g/mol. The highest BCUT2D eigenvalue weighted by Gasteiger charge is 2.24. The molecule has 0 bridgehead atoms. The van der Waals surface area contributed by atoms with Crippen molar-refractivity contribution in [3.8, 4) is 5.75 Å². The van der Waals surface area contributed by atoms with Crippen molar-refractivity contribution in [1.29, 1.82) is 0 Å². The molecule has 1 aliphatic rings. The van der Waals surface area contributed by atoms with Crippen molar-refractivity contribution in [3.63, 3.8) is 0 Å². The molecule has 0 atom stereocenters. The van der Waals surface area contributed by atoms with Gasteiger partial charge in [-0.05, 0) is 60.7 Å². The number of halogens is 1. The van der Waals surface area contributed by atoms with E-state index in [0.717, 1.165) is 34.2 Å². The van der Waals surface area contributed by atoms with E-state index in [1.54, 1.807) is 18.2 Å². The molecule has 1 saturated heterocycles. The van der Waals surface area contributed by atoms with Crippen LogP contribution in [0, 0.1) is 0 Å². The molecule has 35 heavy (non-hydrogen) atoms. The van der Waals surface area contributed by atoms with Gasteiger partial charge in [0.25, 0.3) is 11.8 Å². The molecule has 8 heteroatoms. The topological polar surface area (TPSA) is 75.0 Å². The predicted octanol–water partition coefficient (Wildman–Crippen LogP) is 5.18. The zero-order valence-electron chi connectivity index (χ0n) is 18.9. The standard InChI is InChI=1S/C27H24BrN3O4/c28-20-5-11-23(12-6-20)34-18-26(32)29-21-7-9-22(10-8-21)30-13-15-31(16-14-30)27(33)25-17-19-3-1-2-4-24(19)35-25/h1-12,17H,13-16,18H2,(H,29,32). The van der Waals surface area contributed by atoms with Crippen LogP contribution in [0.5, 0.6) is 5.75 Å². The van der Waals surface area contributed by atoms with Gasteiger partial charge in [0.1, 0.15) is 11.3 Å². The highest BCUT2D eigenvalue weighted by molar-refractivity contribution is 9.10. The van der Waals surface area contributed by atoms with E-state index in [-0.39, 0.29) is 18.4 Å². The Morgan fingerprint density at radius 1 is 0.914 bits per heavy atom. The number of ether oxygens (including phenoxy) is 1. The maximum absolute atomic E-state index is 12.9. The van der Waals surface area contributed by atoms with Crippen molar-refractivity contribution in [2.75, 3.05) is 43.0 Å². The number of furan rings is 1. The summed E-state index contributed by atoms with van der Waals surface area (Å²) in [7, 11) is 0. The van der Waals surface area contributed by atoms with Crippen LogP contribution in [-0.2, 0) is 4.79 Å². The van der Waals surface area contributed by atoms with E-state index >= 15 is 0 Å². The zero-order chi connectivity index (χ0) is 24.2. The molecule has 1 aliphatic heterocycles. The van der Waals surface area contributed by atoms with E-state index in [2.05, 4.69) is 26.1 Å². The van der Waals surface area contributed by atoms with Gasteiger partial charge in [-0.25, -0.2) is 0 Å². The van der Waals surface area contributed by atoms with Crippen LogP contribution in [0.25, 0.3) is 11.0 Å². The molecule has 0 unspecified atom stereocenters. The van der Waals surface area contributed by atoms with Gasteiger partial charge in [-0.3, -0.25) is 9.59 Å². The smallest absolute Gasteiger partial charge is 0.289 e. The van der Waals surface area contributed by atoms with Gasteiger partial charge in [0.15, 0.2) is 12.4 Å². The van der Waals surface area contributed by atoms with Crippen molar-refractivity contribution in [1.82, 2.24) is 4.90 Å². The number of nitrogens with one attached hydrogen (secondary N) is 1. The Morgan fingerprint density at radius 3 is 2.34 bits per heavy atom. The van der Waals surface area contributed by atoms with Gasteiger partial charge in [-0.15, -0.1) is 0 Å². The van der Waals surface area contributed by atoms with Gasteiger partial charge in [0.05, 0.1) is 0 Å². The summed E-state index contributed by atoms with van der Waals surface area (Å²) in [4.78, 5) is 29.1. The molecule has 1 aromatic heterocycles. The Morgan fingerprint density at radius 2 is 1.63 bits per heavy atom. The largest absolute Gasteiger partial charge is 0.484 e. The summed E-state index contributed by atoms with van der Waals surface area (Å²) in [6.07, 6.45) is 0. The number of fused-ring (bicyclic) bond motifs is 1. The number of nitrogens with zero attached hydrogens (tertiary/aromatic N) is 2. The van der Waals surface area contributed by atoms with Crippen molar-refractivity contribution < 1.29 is 18.7 Å². The summed E-state index contributed by atoms with van der Waals surface area (Å²) in [6, 6.07) is 24.5. The molecule has 2 heterocycles. The molecule has 5 rings (SSSR count). The minimum absolute atomic E-state index is 0.0649. The van der Waals surface area contributed by atoms with E-state index in [0.29, 0.717) is 30.3 Å². The van der Waals surface area contributed by atoms with Gasteiger partial charge in [-0.2, -0.15) is 0 Å². The number of amides is 2. The normalized spacial score (nSPS) is 13.6. The van der Waals surface area contributed by atoms with Crippen molar-refractivity contribution in [2.45, 2.75) is 0 Å². The van der Waals surface area contributed by atoms with Crippen molar-refractivity contribution in [2.24, 2.45) is 0 Å². The van der Waals surface area contributed by atoms with Gasteiger partial charge >= 0.3 is 0 Å². The molecule has 2 amide bonds. The molecule has 0 radical (unpaired) electrons. The first-order chi connectivity index (χ1) is 17.0. The number of hydrogen-bond acceptors (Lipinski definition) is 5. The second-order valence-corrected chi connectivity index (χ2v) is 9.18. The number of anilines is 2. The van der Waals surface area contributed by atoms with E-state index in [9.17, 15) is 9.59 Å².